The average Bonchev–Trinajstić information content (AvgIpc) is 2.78. The van der Waals surface area contributed by atoms with Gasteiger partial charge in [0.05, 0.1) is 17.0 Å². The summed E-state index contributed by atoms with van der Waals surface area (Å²) in [5, 5.41) is 12.0. The highest BCUT2D eigenvalue weighted by Gasteiger charge is 2.42. The number of hydrogen-bond acceptors (Lipinski definition) is 4. The van der Waals surface area contributed by atoms with E-state index in [-0.39, 0.29) is 17.2 Å². The van der Waals surface area contributed by atoms with Gasteiger partial charge in [-0.1, -0.05) is 24.3 Å². The molecule has 0 aliphatic carbocycles. The van der Waals surface area contributed by atoms with E-state index in [1.807, 2.05) is 0 Å². The number of carbonyl (C=O) groups is 2. The van der Waals surface area contributed by atoms with Gasteiger partial charge in [-0.05, 0) is 55.2 Å². The van der Waals surface area contributed by atoms with E-state index in [2.05, 4.69) is 5.32 Å². The number of ether oxygens (including phenoxy) is 2. The normalized spacial score (nSPS) is 16.8. The molecule has 1 atom stereocenters. The van der Waals surface area contributed by atoms with Gasteiger partial charge in [-0.3, -0.25) is 4.79 Å². The molecule has 0 spiro atoms. The summed E-state index contributed by atoms with van der Waals surface area (Å²) in [6.45, 7) is 1.04. The Bertz CT molecular complexity index is 953. The number of benzene rings is 2. The Labute approximate surface area is 183 Å². The molecule has 0 bridgehead atoms. The van der Waals surface area contributed by atoms with E-state index in [1.165, 1.54) is 24.3 Å². The minimum atomic E-state index is -4.46. The van der Waals surface area contributed by atoms with Crippen molar-refractivity contribution in [1.29, 1.82) is 0 Å². The largest absolute Gasteiger partial charge is 0.484 e. The number of hydrogen-bond donors (Lipinski definition) is 2. The molecule has 0 saturated carbocycles. The van der Waals surface area contributed by atoms with Crippen molar-refractivity contribution in [3.05, 3.63) is 65.2 Å². The number of carboxylic acids is 1. The van der Waals surface area contributed by atoms with Crippen molar-refractivity contribution >= 4 is 11.9 Å². The minimum absolute atomic E-state index is 0.0378. The highest BCUT2D eigenvalue weighted by molar-refractivity contribution is 5.89. The van der Waals surface area contributed by atoms with Gasteiger partial charge in [-0.2, -0.15) is 13.2 Å². The highest BCUT2D eigenvalue weighted by Crippen LogP contribution is 2.37. The molecule has 2 aromatic carbocycles. The molecule has 6 nitrogen and oxygen atoms in total. The maximum absolute atomic E-state index is 13.4. The van der Waals surface area contributed by atoms with Crippen molar-refractivity contribution in [1.82, 2.24) is 5.32 Å². The number of amides is 1. The molecular formula is C23H24F3NO5. The van der Waals surface area contributed by atoms with E-state index in [4.69, 9.17) is 14.6 Å². The Morgan fingerprint density at radius 3 is 2.41 bits per heavy atom. The lowest BCUT2D eigenvalue weighted by molar-refractivity contribution is -0.153. The van der Waals surface area contributed by atoms with E-state index in [0.717, 1.165) is 5.56 Å². The van der Waals surface area contributed by atoms with E-state index < -0.39 is 30.2 Å². The highest BCUT2D eigenvalue weighted by atomic mass is 19.4. The molecule has 3 rings (SSSR count). The van der Waals surface area contributed by atoms with Gasteiger partial charge in [0, 0.05) is 13.2 Å². The number of nitrogens with one attached hydrogen (secondary N) is 1. The second kappa shape index (κ2) is 9.60. The van der Waals surface area contributed by atoms with Gasteiger partial charge in [0.1, 0.15) is 5.75 Å². The van der Waals surface area contributed by atoms with Crippen LogP contribution in [0.25, 0.3) is 0 Å². The molecule has 1 fully saturated rings. The maximum atomic E-state index is 13.4. The van der Waals surface area contributed by atoms with Crippen LogP contribution in [0.4, 0.5) is 13.2 Å². The fourth-order valence-electron chi connectivity index (χ4n) is 3.75. The van der Waals surface area contributed by atoms with E-state index in [1.54, 1.807) is 31.2 Å². The quantitative estimate of drug-likeness (QED) is 0.658. The zero-order valence-electron chi connectivity index (χ0n) is 17.4. The van der Waals surface area contributed by atoms with Gasteiger partial charge in [0.2, 0.25) is 5.91 Å². The number of halogens is 3. The molecule has 0 aromatic heterocycles. The molecule has 1 unspecified atom stereocenters. The van der Waals surface area contributed by atoms with E-state index >= 15 is 0 Å². The molecule has 1 saturated heterocycles. The molecule has 1 aliphatic rings. The van der Waals surface area contributed by atoms with Gasteiger partial charge >= 0.3 is 12.1 Å². The van der Waals surface area contributed by atoms with Crippen LogP contribution in [0.1, 0.15) is 47.3 Å². The van der Waals surface area contributed by atoms with Crippen LogP contribution in [0.5, 0.6) is 5.75 Å². The first-order valence-corrected chi connectivity index (χ1v) is 10.1. The summed E-state index contributed by atoms with van der Waals surface area (Å²) in [4.78, 5) is 24.5. The lowest BCUT2D eigenvalue weighted by Crippen LogP contribution is -2.48. The zero-order chi connectivity index (χ0) is 23.4. The first-order chi connectivity index (χ1) is 15.1. The Morgan fingerprint density at radius 2 is 1.81 bits per heavy atom. The van der Waals surface area contributed by atoms with Gasteiger partial charge in [-0.15, -0.1) is 0 Å². The van der Waals surface area contributed by atoms with Gasteiger partial charge in [0.15, 0.2) is 6.61 Å². The molecule has 1 heterocycles. The average molecular weight is 451 g/mol. The molecule has 1 amide bonds. The Hall–Kier alpha value is -3.07. The number of carbonyl (C=O) groups excluding carboxylic acids is 1. The molecule has 172 valence electrons. The third-order valence-electron chi connectivity index (χ3n) is 5.58. The van der Waals surface area contributed by atoms with Crippen molar-refractivity contribution in [3.8, 4) is 5.75 Å². The smallest absolute Gasteiger partial charge is 0.422 e. The van der Waals surface area contributed by atoms with Crippen molar-refractivity contribution < 1.29 is 37.3 Å². The van der Waals surface area contributed by atoms with Crippen LogP contribution in [0, 0.1) is 0 Å². The fraction of sp³-hybridized carbons (Fsp3) is 0.391. The monoisotopic (exact) mass is 451 g/mol. The van der Waals surface area contributed by atoms with Gasteiger partial charge in [0.25, 0.3) is 0 Å². The lowest BCUT2D eigenvalue weighted by Gasteiger charge is -2.37. The fourth-order valence-corrected chi connectivity index (χ4v) is 3.75. The first-order valence-electron chi connectivity index (χ1n) is 10.1. The summed E-state index contributed by atoms with van der Waals surface area (Å²) in [6, 6.07) is 12.0. The molecule has 0 radical (unpaired) electrons. The van der Waals surface area contributed by atoms with Crippen LogP contribution in [0.15, 0.2) is 48.5 Å². The molecule has 32 heavy (non-hydrogen) atoms. The molecule has 2 aromatic rings. The third-order valence-corrected chi connectivity index (χ3v) is 5.58. The Kier molecular flexibility index (Phi) is 7.08. The van der Waals surface area contributed by atoms with Crippen LogP contribution in [-0.4, -0.2) is 43.0 Å². The number of carboxylic acid groups (broad SMARTS) is 1. The number of rotatable bonds is 7. The van der Waals surface area contributed by atoms with Crippen molar-refractivity contribution in [2.75, 3.05) is 19.8 Å². The SMILES string of the molecule is CC(NC(=O)C1(c2cccc(OCC(F)(F)F)c2)CCOCC1)c1ccc(C(=O)O)cc1. The Morgan fingerprint density at radius 1 is 1.16 bits per heavy atom. The Balaban J connectivity index is 1.82. The standard InChI is InChI=1S/C23H24F3NO5/c1-15(16-5-7-17(8-6-16)20(28)29)27-21(30)22(9-11-31-12-10-22)18-3-2-4-19(13-18)32-14-23(24,25)26/h2-8,13,15H,9-12,14H2,1H3,(H,27,30)(H,28,29). The van der Waals surface area contributed by atoms with Crippen LogP contribution in [-0.2, 0) is 14.9 Å². The lowest BCUT2D eigenvalue weighted by atomic mass is 9.73. The third kappa shape index (κ3) is 5.59. The summed E-state index contributed by atoms with van der Waals surface area (Å²) in [5.74, 6) is -1.28. The van der Waals surface area contributed by atoms with Gasteiger partial charge in [-0.25, -0.2) is 4.79 Å². The summed E-state index contributed by atoms with van der Waals surface area (Å²) in [7, 11) is 0. The van der Waals surface area contributed by atoms with Crippen LogP contribution < -0.4 is 10.1 Å². The molecule has 2 N–H and O–H groups in total. The first kappa shape index (κ1) is 23.6. The second-order valence-corrected chi connectivity index (χ2v) is 7.75. The molecular weight excluding hydrogens is 427 g/mol. The van der Waals surface area contributed by atoms with Gasteiger partial charge < -0.3 is 19.9 Å². The van der Waals surface area contributed by atoms with Crippen LogP contribution >= 0.6 is 0 Å². The zero-order valence-corrected chi connectivity index (χ0v) is 17.4. The summed E-state index contributed by atoms with van der Waals surface area (Å²) in [6.07, 6.45) is -3.73. The second-order valence-electron chi connectivity index (χ2n) is 7.75. The van der Waals surface area contributed by atoms with E-state index in [0.29, 0.717) is 31.6 Å². The van der Waals surface area contributed by atoms with E-state index in [9.17, 15) is 22.8 Å². The van der Waals surface area contributed by atoms with Crippen LogP contribution in [0.3, 0.4) is 0 Å². The van der Waals surface area contributed by atoms with Crippen molar-refractivity contribution in [2.24, 2.45) is 0 Å². The predicted octanol–water partition coefficient (Wildman–Crippen LogP) is 4.25. The molecule has 9 heteroatoms. The van der Waals surface area contributed by atoms with Crippen molar-refractivity contribution in [3.63, 3.8) is 0 Å². The molecule has 1 aliphatic heterocycles. The summed E-state index contributed by atoms with van der Waals surface area (Å²) < 4.78 is 47.9. The maximum Gasteiger partial charge on any atom is 0.422 e. The summed E-state index contributed by atoms with van der Waals surface area (Å²) >= 11 is 0. The van der Waals surface area contributed by atoms with Crippen molar-refractivity contribution in [2.45, 2.75) is 37.4 Å². The number of alkyl halides is 3. The summed E-state index contributed by atoms with van der Waals surface area (Å²) in [5.41, 5.74) is 0.452. The number of aromatic carboxylic acids is 1. The topological polar surface area (TPSA) is 84.9 Å². The minimum Gasteiger partial charge on any atom is -0.484 e. The van der Waals surface area contributed by atoms with Crippen LogP contribution in [0.2, 0.25) is 0 Å². The predicted molar refractivity (Wildman–Crippen MR) is 110 cm³/mol.